The van der Waals surface area contributed by atoms with E-state index in [1.54, 1.807) is 12.4 Å². The Morgan fingerprint density at radius 1 is 1.31 bits per heavy atom. The Kier molecular flexibility index (Phi) is 3.10. The largest absolute Gasteiger partial charge is 0.363 e. The van der Waals surface area contributed by atoms with Gasteiger partial charge in [-0.15, -0.1) is 5.10 Å². The quantitative estimate of drug-likeness (QED) is 0.850. The van der Waals surface area contributed by atoms with Gasteiger partial charge in [-0.2, -0.15) is 5.10 Å². The van der Waals surface area contributed by atoms with Gasteiger partial charge in [-0.05, 0) is 37.1 Å². The second-order valence-electron chi connectivity index (χ2n) is 3.74. The zero-order valence-electron chi connectivity index (χ0n) is 9.44. The van der Waals surface area contributed by atoms with Crippen molar-refractivity contribution in [3.05, 3.63) is 47.4 Å². The van der Waals surface area contributed by atoms with Gasteiger partial charge < -0.3 is 5.32 Å². The van der Waals surface area contributed by atoms with Crippen LogP contribution in [0.3, 0.4) is 0 Å². The highest BCUT2D eigenvalue weighted by atomic mass is 15.2. The van der Waals surface area contributed by atoms with Gasteiger partial charge in [0.25, 0.3) is 0 Å². The zero-order chi connectivity index (χ0) is 11.4. The van der Waals surface area contributed by atoms with Crippen LogP contribution in [-0.4, -0.2) is 15.2 Å². The third kappa shape index (κ3) is 2.53. The molecule has 0 radical (unpaired) electrons. The van der Waals surface area contributed by atoms with E-state index in [4.69, 9.17) is 0 Å². The molecular weight excluding hydrogens is 200 g/mol. The molecule has 82 valence electrons. The monoisotopic (exact) mass is 214 g/mol. The number of anilines is 1. The summed E-state index contributed by atoms with van der Waals surface area (Å²) in [5.41, 5.74) is 3.30. The van der Waals surface area contributed by atoms with Crippen molar-refractivity contribution in [2.45, 2.75) is 20.4 Å². The van der Waals surface area contributed by atoms with Crippen molar-refractivity contribution in [3.8, 4) is 0 Å². The molecule has 0 saturated carbocycles. The van der Waals surface area contributed by atoms with Gasteiger partial charge in [-0.25, -0.2) is 0 Å². The van der Waals surface area contributed by atoms with Crippen molar-refractivity contribution in [2.75, 3.05) is 5.32 Å². The number of hydrogen-bond acceptors (Lipinski definition) is 4. The lowest BCUT2D eigenvalue weighted by molar-refractivity contribution is 0.960. The number of nitrogens with zero attached hydrogens (tertiary/aromatic N) is 3. The summed E-state index contributed by atoms with van der Waals surface area (Å²) in [6, 6.07) is 5.95. The summed E-state index contributed by atoms with van der Waals surface area (Å²) in [4.78, 5) is 4.31. The van der Waals surface area contributed by atoms with E-state index < -0.39 is 0 Å². The van der Waals surface area contributed by atoms with E-state index in [1.807, 2.05) is 32.0 Å². The Morgan fingerprint density at radius 3 is 2.94 bits per heavy atom. The molecule has 0 spiro atoms. The highest BCUT2D eigenvalue weighted by Crippen LogP contribution is 2.08. The number of aryl methyl sites for hydroxylation is 2. The Hall–Kier alpha value is -1.97. The number of nitrogens with one attached hydrogen (secondary N) is 1. The summed E-state index contributed by atoms with van der Waals surface area (Å²) >= 11 is 0. The second-order valence-corrected chi connectivity index (χ2v) is 3.74. The van der Waals surface area contributed by atoms with Gasteiger partial charge in [0.1, 0.15) is 5.82 Å². The number of hydrogen-bond donors (Lipinski definition) is 1. The molecule has 16 heavy (non-hydrogen) atoms. The molecule has 2 heterocycles. The highest BCUT2D eigenvalue weighted by Gasteiger charge is 1.99. The van der Waals surface area contributed by atoms with E-state index in [2.05, 4.69) is 20.5 Å². The molecule has 0 aliphatic carbocycles. The van der Waals surface area contributed by atoms with Crippen molar-refractivity contribution in [1.82, 2.24) is 15.2 Å². The number of aromatic nitrogens is 3. The summed E-state index contributed by atoms with van der Waals surface area (Å²) in [5.74, 6) is 0.782. The molecule has 2 rings (SSSR count). The first-order valence-corrected chi connectivity index (χ1v) is 5.19. The van der Waals surface area contributed by atoms with E-state index in [1.165, 1.54) is 5.56 Å². The van der Waals surface area contributed by atoms with Gasteiger partial charge in [-0.3, -0.25) is 4.98 Å². The average molecular weight is 214 g/mol. The first-order valence-electron chi connectivity index (χ1n) is 5.19. The van der Waals surface area contributed by atoms with Crippen LogP contribution in [0.25, 0.3) is 0 Å². The van der Waals surface area contributed by atoms with Crippen LogP contribution < -0.4 is 5.32 Å². The van der Waals surface area contributed by atoms with Gasteiger partial charge in [-0.1, -0.05) is 6.07 Å². The molecule has 0 aromatic carbocycles. The van der Waals surface area contributed by atoms with E-state index in [0.29, 0.717) is 6.54 Å². The normalized spacial score (nSPS) is 10.1. The lowest BCUT2D eigenvalue weighted by Gasteiger charge is -2.06. The summed E-state index contributed by atoms with van der Waals surface area (Å²) in [5, 5.41) is 11.1. The Labute approximate surface area is 94.8 Å². The predicted molar refractivity (Wildman–Crippen MR) is 63.1 cm³/mol. The molecule has 0 unspecified atom stereocenters. The topological polar surface area (TPSA) is 50.7 Å². The first-order chi connectivity index (χ1) is 7.75. The maximum Gasteiger partial charge on any atom is 0.149 e. The minimum absolute atomic E-state index is 0.671. The molecule has 2 aromatic heterocycles. The molecule has 4 heteroatoms. The van der Waals surface area contributed by atoms with E-state index in [-0.39, 0.29) is 0 Å². The zero-order valence-corrected chi connectivity index (χ0v) is 9.44. The van der Waals surface area contributed by atoms with Gasteiger partial charge in [0, 0.05) is 6.20 Å². The van der Waals surface area contributed by atoms with Gasteiger partial charge in [0.05, 0.1) is 18.4 Å². The molecule has 0 bridgehead atoms. The Bertz CT molecular complexity index is 482. The smallest absolute Gasteiger partial charge is 0.149 e. The third-order valence-corrected chi connectivity index (χ3v) is 2.35. The predicted octanol–water partition coefficient (Wildman–Crippen LogP) is 2.10. The fourth-order valence-electron chi connectivity index (χ4n) is 1.43. The molecule has 1 N–H and O–H groups in total. The van der Waals surface area contributed by atoms with Crippen LogP contribution in [0.5, 0.6) is 0 Å². The molecule has 4 nitrogen and oxygen atoms in total. The van der Waals surface area contributed by atoms with Crippen LogP contribution >= 0.6 is 0 Å². The van der Waals surface area contributed by atoms with E-state index in [0.717, 1.165) is 17.1 Å². The van der Waals surface area contributed by atoms with Gasteiger partial charge >= 0.3 is 0 Å². The Morgan fingerprint density at radius 2 is 2.19 bits per heavy atom. The minimum Gasteiger partial charge on any atom is -0.363 e. The molecule has 0 saturated heterocycles. The number of pyridine rings is 1. The minimum atomic E-state index is 0.671. The van der Waals surface area contributed by atoms with Crippen molar-refractivity contribution in [3.63, 3.8) is 0 Å². The molecule has 0 amide bonds. The van der Waals surface area contributed by atoms with Gasteiger partial charge in [0.15, 0.2) is 0 Å². The van der Waals surface area contributed by atoms with Crippen molar-refractivity contribution >= 4 is 5.82 Å². The van der Waals surface area contributed by atoms with Crippen LogP contribution in [0.4, 0.5) is 5.82 Å². The highest BCUT2D eigenvalue weighted by molar-refractivity contribution is 5.36. The first kappa shape index (κ1) is 10.5. The maximum atomic E-state index is 4.31. The summed E-state index contributed by atoms with van der Waals surface area (Å²) < 4.78 is 0. The van der Waals surface area contributed by atoms with Crippen molar-refractivity contribution in [1.29, 1.82) is 0 Å². The van der Waals surface area contributed by atoms with E-state index >= 15 is 0 Å². The molecule has 0 aliphatic rings. The summed E-state index contributed by atoms with van der Waals surface area (Å²) in [6.45, 7) is 4.71. The fraction of sp³-hybridized carbons (Fsp3) is 0.250. The third-order valence-electron chi connectivity index (χ3n) is 2.35. The van der Waals surface area contributed by atoms with Gasteiger partial charge in [0.2, 0.25) is 0 Å². The molecule has 0 atom stereocenters. The molecule has 0 fully saturated rings. The average Bonchev–Trinajstić information content (AvgIpc) is 2.28. The van der Waals surface area contributed by atoms with Crippen LogP contribution in [0.2, 0.25) is 0 Å². The van der Waals surface area contributed by atoms with Crippen LogP contribution in [0, 0.1) is 13.8 Å². The fourth-order valence-corrected chi connectivity index (χ4v) is 1.43. The molecular formula is C12H14N4. The lowest BCUT2D eigenvalue weighted by atomic mass is 10.2. The molecule has 0 aliphatic heterocycles. The maximum absolute atomic E-state index is 4.31. The van der Waals surface area contributed by atoms with E-state index in [9.17, 15) is 0 Å². The van der Waals surface area contributed by atoms with Crippen LogP contribution in [0.15, 0.2) is 30.6 Å². The van der Waals surface area contributed by atoms with Crippen molar-refractivity contribution < 1.29 is 0 Å². The lowest BCUT2D eigenvalue weighted by Crippen LogP contribution is -2.05. The van der Waals surface area contributed by atoms with Crippen molar-refractivity contribution in [2.24, 2.45) is 0 Å². The standard InChI is InChI=1S/C12H14N4/c1-9-6-12(16-15-7-9)14-8-11-10(2)4-3-5-13-11/h3-7H,8H2,1-2H3,(H,14,16). The summed E-state index contributed by atoms with van der Waals surface area (Å²) in [6.07, 6.45) is 3.53. The van der Waals surface area contributed by atoms with Crippen LogP contribution in [0.1, 0.15) is 16.8 Å². The SMILES string of the molecule is Cc1cnnc(NCc2ncccc2C)c1. The van der Waals surface area contributed by atoms with Crippen LogP contribution in [-0.2, 0) is 6.54 Å². The molecule has 2 aromatic rings. The second kappa shape index (κ2) is 4.70. The number of rotatable bonds is 3. The Balaban J connectivity index is 2.05. The summed E-state index contributed by atoms with van der Waals surface area (Å²) in [7, 11) is 0.